The molecule has 0 spiro atoms. The second-order valence-corrected chi connectivity index (χ2v) is 10.5. The molecule has 3 aromatic rings. The molecule has 0 bridgehead atoms. The van der Waals surface area contributed by atoms with Gasteiger partial charge in [0, 0.05) is 67.4 Å². The van der Waals surface area contributed by atoms with Crippen LogP contribution in [-0.2, 0) is 19.5 Å². The molecule has 9 heteroatoms. The fourth-order valence-corrected chi connectivity index (χ4v) is 5.64. The number of benzene rings is 3. The summed E-state index contributed by atoms with van der Waals surface area (Å²) in [5.74, 6) is 0.228. The number of nitrogens with one attached hydrogen (secondary N) is 1. The number of hydrogen-bond acceptors (Lipinski definition) is 3. The van der Waals surface area contributed by atoms with Crippen molar-refractivity contribution in [3.63, 3.8) is 0 Å². The van der Waals surface area contributed by atoms with E-state index in [2.05, 4.69) is 15.6 Å². The Morgan fingerprint density at radius 3 is 1.27 bits per heavy atom. The first-order chi connectivity index (χ1) is 15.8. The monoisotopic (exact) mass is 561 g/mol. The van der Waals surface area contributed by atoms with E-state index in [0.717, 1.165) is 36.2 Å². The van der Waals surface area contributed by atoms with E-state index in [-0.39, 0.29) is 5.92 Å². The van der Waals surface area contributed by atoms with Crippen LogP contribution in [0, 0.1) is 5.92 Å². The van der Waals surface area contributed by atoms with Crippen molar-refractivity contribution in [1.29, 1.82) is 0 Å². The molecule has 1 aliphatic rings. The maximum Gasteiger partial charge on any atom is 0.0466 e. The fourth-order valence-electron chi connectivity index (χ4n) is 4.06. The number of halogens is 6. The third-order valence-electron chi connectivity index (χ3n) is 5.62. The molecule has 1 aliphatic heterocycles. The van der Waals surface area contributed by atoms with Gasteiger partial charge in [-0.15, -0.1) is 0 Å². The Balaban J connectivity index is 1.60. The Bertz CT molecular complexity index is 931. The van der Waals surface area contributed by atoms with Crippen LogP contribution in [0.1, 0.15) is 16.7 Å². The number of hydrazine groups is 2. The Labute approximate surface area is 224 Å². The topological polar surface area (TPSA) is 18.5 Å². The highest BCUT2D eigenvalue weighted by molar-refractivity contribution is 6.37. The van der Waals surface area contributed by atoms with Crippen molar-refractivity contribution in [1.82, 2.24) is 15.6 Å². The minimum atomic E-state index is 0.228. The van der Waals surface area contributed by atoms with Crippen LogP contribution in [0.5, 0.6) is 0 Å². The molecule has 174 valence electrons. The van der Waals surface area contributed by atoms with Crippen LogP contribution in [0.2, 0.25) is 30.1 Å². The summed E-state index contributed by atoms with van der Waals surface area (Å²) in [5, 5.41) is 8.03. The third kappa shape index (κ3) is 6.29. The van der Waals surface area contributed by atoms with E-state index in [9.17, 15) is 0 Å². The van der Waals surface area contributed by atoms with Gasteiger partial charge < -0.3 is 0 Å². The summed E-state index contributed by atoms with van der Waals surface area (Å²) < 4.78 is 0. The second-order valence-electron chi connectivity index (χ2n) is 8.03. The van der Waals surface area contributed by atoms with Gasteiger partial charge >= 0.3 is 0 Å². The highest BCUT2D eigenvalue weighted by atomic mass is 35.5. The Morgan fingerprint density at radius 2 is 0.909 bits per heavy atom. The van der Waals surface area contributed by atoms with E-state index >= 15 is 0 Å². The van der Waals surface area contributed by atoms with Crippen molar-refractivity contribution in [2.24, 2.45) is 5.92 Å². The molecule has 33 heavy (non-hydrogen) atoms. The number of nitrogens with zero attached hydrogens (tertiary/aromatic N) is 2. The minimum Gasteiger partial charge on any atom is -0.226 e. The van der Waals surface area contributed by atoms with Crippen molar-refractivity contribution in [3.05, 3.63) is 101 Å². The zero-order valence-electron chi connectivity index (χ0n) is 17.5. The highest BCUT2D eigenvalue weighted by Gasteiger charge is 2.28. The van der Waals surface area contributed by atoms with Gasteiger partial charge in [0.1, 0.15) is 0 Å². The van der Waals surface area contributed by atoms with Crippen LogP contribution in [0.3, 0.4) is 0 Å². The van der Waals surface area contributed by atoms with Gasteiger partial charge in [-0.25, -0.2) is 10.0 Å². The van der Waals surface area contributed by atoms with E-state index in [0.29, 0.717) is 43.2 Å². The van der Waals surface area contributed by atoms with Crippen molar-refractivity contribution < 1.29 is 0 Å². The first kappa shape index (κ1) is 25.4. The molecule has 0 amide bonds. The van der Waals surface area contributed by atoms with Crippen molar-refractivity contribution in [2.75, 3.05) is 13.1 Å². The van der Waals surface area contributed by atoms with Gasteiger partial charge in [0.25, 0.3) is 0 Å². The first-order valence-corrected chi connectivity index (χ1v) is 12.6. The van der Waals surface area contributed by atoms with Gasteiger partial charge in [0.2, 0.25) is 0 Å². The predicted octanol–water partition coefficient (Wildman–Crippen LogP) is 8.20. The molecule has 0 aliphatic carbocycles. The predicted molar refractivity (Wildman–Crippen MR) is 141 cm³/mol. The largest absolute Gasteiger partial charge is 0.226 e. The Morgan fingerprint density at radius 1 is 0.576 bits per heavy atom. The van der Waals surface area contributed by atoms with Crippen molar-refractivity contribution in [3.8, 4) is 0 Å². The third-order valence-corrected chi connectivity index (χ3v) is 7.74. The molecular formula is C24H21Cl6N3. The van der Waals surface area contributed by atoms with Crippen LogP contribution in [0.15, 0.2) is 54.6 Å². The molecule has 0 unspecified atom stereocenters. The van der Waals surface area contributed by atoms with Crippen LogP contribution in [0.4, 0.5) is 0 Å². The number of hydrogen-bond donors (Lipinski definition) is 1. The molecule has 1 heterocycles. The maximum absolute atomic E-state index is 6.47. The molecule has 1 N–H and O–H groups in total. The van der Waals surface area contributed by atoms with Gasteiger partial charge in [-0.3, -0.25) is 0 Å². The lowest BCUT2D eigenvalue weighted by Crippen LogP contribution is -2.58. The average Bonchev–Trinajstić information content (AvgIpc) is 2.76. The van der Waals surface area contributed by atoms with Gasteiger partial charge in [0.05, 0.1) is 0 Å². The summed E-state index contributed by atoms with van der Waals surface area (Å²) in [6, 6.07) is 16.6. The molecule has 1 fully saturated rings. The normalized spacial score (nSPS) is 15.8. The zero-order valence-corrected chi connectivity index (χ0v) is 22.0. The van der Waals surface area contributed by atoms with Gasteiger partial charge in [-0.2, -0.15) is 5.53 Å². The lowest BCUT2D eigenvalue weighted by Gasteiger charge is -2.41. The molecule has 4 rings (SSSR count). The molecule has 0 radical (unpaired) electrons. The summed E-state index contributed by atoms with van der Waals surface area (Å²) in [6.07, 6.45) is 0.722. The Hall–Kier alpha value is -0.720. The second kappa shape index (κ2) is 11.3. The van der Waals surface area contributed by atoms with Gasteiger partial charge in [0.15, 0.2) is 0 Å². The SMILES string of the molecule is Clc1cccc(Cl)c1CC1CN(Cc2c(Cl)cccc2Cl)NN(Cc2c(Cl)cccc2Cl)C1. The molecule has 3 aromatic carbocycles. The zero-order chi connectivity index (χ0) is 23.5. The number of rotatable bonds is 6. The lowest BCUT2D eigenvalue weighted by atomic mass is 9.97. The van der Waals surface area contributed by atoms with Crippen LogP contribution in [-0.4, -0.2) is 23.1 Å². The molecule has 0 saturated carbocycles. The maximum atomic E-state index is 6.47. The van der Waals surface area contributed by atoms with Crippen LogP contribution < -0.4 is 5.53 Å². The summed E-state index contributed by atoms with van der Waals surface area (Å²) in [7, 11) is 0. The van der Waals surface area contributed by atoms with Crippen molar-refractivity contribution >= 4 is 69.6 Å². The quantitative estimate of drug-likeness (QED) is 0.326. The van der Waals surface area contributed by atoms with E-state index in [4.69, 9.17) is 69.6 Å². The summed E-state index contributed by atoms with van der Waals surface area (Å²) >= 11 is 38.7. The van der Waals surface area contributed by atoms with E-state index in [1.165, 1.54) is 0 Å². The molecule has 1 saturated heterocycles. The van der Waals surface area contributed by atoms with Gasteiger partial charge in [-0.05, 0) is 54.3 Å². The van der Waals surface area contributed by atoms with Gasteiger partial charge in [-0.1, -0.05) is 87.8 Å². The lowest BCUT2D eigenvalue weighted by molar-refractivity contribution is -0.0539. The van der Waals surface area contributed by atoms with E-state index in [1.54, 1.807) is 0 Å². The average molecular weight is 564 g/mol. The smallest absolute Gasteiger partial charge is 0.0466 e. The molecule has 0 atom stereocenters. The minimum absolute atomic E-state index is 0.228. The van der Waals surface area contributed by atoms with Crippen LogP contribution in [0.25, 0.3) is 0 Å². The van der Waals surface area contributed by atoms with Crippen LogP contribution >= 0.6 is 69.6 Å². The molecular weight excluding hydrogens is 543 g/mol. The van der Waals surface area contributed by atoms with E-state index < -0.39 is 0 Å². The summed E-state index contributed by atoms with van der Waals surface area (Å²) in [5.41, 5.74) is 6.14. The standard InChI is InChI=1S/C24H21Cl6N3/c25-19-4-1-5-20(26)16(19)10-15-11-32(13-17-21(27)6-2-7-22(17)28)31-33(12-15)14-18-23(29)8-3-9-24(18)30/h1-9,15,31H,10-14H2. The summed E-state index contributed by atoms with van der Waals surface area (Å²) in [4.78, 5) is 0. The van der Waals surface area contributed by atoms with E-state index in [1.807, 2.05) is 54.6 Å². The fraction of sp³-hybridized carbons (Fsp3) is 0.250. The van der Waals surface area contributed by atoms with Crippen molar-refractivity contribution in [2.45, 2.75) is 19.5 Å². The molecule has 3 nitrogen and oxygen atoms in total. The Kier molecular flexibility index (Phi) is 8.72. The summed E-state index contributed by atoms with van der Waals surface area (Å²) in [6.45, 7) is 2.54. The first-order valence-electron chi connectivity index (χ1n) is 10.4. The highest BCUT2D eigenvalue weighted by Crippen LogP contribution is 2.31. The molecule has 0 aromatic heterocycles.